The Labute approximate surface area is 97.2 Å². The summed E-state index contributed by atoms with van der Waals surface area (Å²) in [6, 6.07) is 3.58. The van der Waals surface area contributed by atoms with E-state index < -0.39 is 0 Å². The highest BCUT2D eigenvalue weighted by Crippen LogP contribution is 2.07. The van der Waals surface area contributed by atoms with E-state index in [1.165, 1.54) is 0 Å². The quantitative estimate of drug-likeness (QED) is 0.695. The molecule has 1 aromatic heterocycles. The van der Waals surface area contributed by atoms with Gasteiger partial charge in [0.05, 0.1) is 6.61 Å². The van der Waals surface area contributed by atoms with Crippen LogP contribution in [0.5, 0.6) is 0 Å². The van der Waals surface area contributed by atoms with Crippen molar-refractivity contribution in [3.05, 3.63) is 18.3 Å². The zero-order valence-corrected chi connectivity index (χ0v) is 10.1. The number of hydrogen-bond donors (Lipinski definition) is 2. The number of nitrogen functional groups attached to an aromatic ring is 1. The summed E-state index contributed by atoms with van der Waals surface area (Å²) in [6.07, 6.45) is 2.80. The Morgan fingerprint density at radius 2 is 2.25 bits per heavy atom. The van der Waals surface area contributed by atoms with Crippen molar-refractivity contribution >= 4 is 11.5 Å². The van der Waals surface area contributed by atoms with E-state index in [0.29, 0.717) is 12.5 Å². The van der Waals surface area contributed by atoms with Crippen LogP contribution in [0.2, 0.25) is 0 Å². The van der Waals surface area contributed by atoms with Gasteiger partial charge in [-0.15, -0.1) is 0 Å². The van der Waals surface area contributed by atoms with Crippen molar-refractivity contribution in [2.24, 2.45) is 5.92 Å². The van der Waals surface area contributed by atoms with Crippen molar-refractivity contribution in [2.75, 3.05) is 30.8 Å². The first-order chi connectivity index (χ1) is 7.68. The van der Waals surface area contributed by atoms with Crippen molar-refractivity contribution in [1.82, 2.24) is 4.98 Å². The summed E-state index contributed by atoms with van der Waals surface area (Å²) in [5, 5.41) is 3.16. The molecule has 16 heavy (non-hydrogen) atoms. The second-order valence-electron chi connectivity index (χ2n) is 4.20. The first-order valence-corrected chi connectivity index (χ1v) is 5.71. The third-order valence-electron chi connectivity index (χ3n) is 2.18. The average Bonchev–Trinajstić information content (AvgIpc) is 2.23. The number of nitrogens with zero attached hydrogens (tertiary/aromatic N) is 1. The Balaban J connectivity index is 2.07. The number of pyridine rings is 1. The Morgan fingerprint density at radius 3 is 2.94 bits per heavy atom. The molecule has 0 aliphatic rings. The standard InChI is InChI=1S/C12H21N3O/c1-10(2)4-7-16-8-6-15-12-9-11(13)3-5-14-12/h3,5,9-10H,4,6-8H2,1-2H3,(H3,13,14,15). The highest BCUT2D eigenvalue weighted by atomic mass is 16.5. The number of nitrogens with two attached hydrogens (primary N) is 1. The number of hydrogen-bond acceptors (Lipinski definition) is 4. The number of nitrogens with one attached hydrogen (secondary N) is 1. The summed E-state index contributed by atoms with van der Waals surface area (Å²) in [7, 11) is 0. The van der Waals surface area contributed by atoms with Crippen LogP contribution in [-0.4, -0.2) is 24.7 Å². The van der Waals surface area contributed by atoms with E-state index in [2.05, 4.69) is 24.1 Å². The predicted molar refractivity (Wildman–Crippen MR) is 67.4 cm³/mol. The maximum absolute atomic E-state index is 5.63. The van der Waals surface area contributed by atoms with Crippen LogP contribution in [0, 0.1) is 5.92 Å². The van der Waals surface area contributed by atoms with Crippen molar-refractivity contribution in [3.8, 4) is 0 Å². The minimum Gasteiger partial charge on any atom is -0.399 e. The molecule has 0 saturated carbocycles. The Kier molecular flexibility index (Phi) is 5.64. The molecule has 1 aromatic rings. The van der Waals surface area contributed by atoms with Crippen LogP contribution in [-0.2, 0) is 4.74 Å². The fraction of sp³-hybridized carbons (Fsp3) is 0.583. The van der Waals surface area contributed by atoms with E-state index >= 15 is 0 Å². The van der Waals surface area contributed by atoms with E-state index in [1.807, 2.05) is 6.07 Å². The average molecular weight is 223 g/mol. The van der Waals surface area contributed by atoms with E-state index in [0.717, 1.165) is 31.1 Å². The second kappa shape index (κ2) is 7.06. The van der Waals surface area contributed by atoms with E-state index in [-0.39, 0.29) is 0 Å². The monoisotopic (exact) mass is 223 g/mol. The second-order valence-corrected chi connectivity index (χ2v) is 4.20. The van der Waals surface area contributed by atoms with Gasteiger partial charge in [-0.25, -0.2) is 4.98 Å². The lowest BCUT2D eigenvalue weighted by atomic mass is 10.1. The highest BCUT2D eigenvalue weighted by Gasteiger charge is 1.95. The van der Waals surface area contributed by atoms with Gasteiger partial charge in [0.15, 0.2) is 0 Å². The summed E-state index contributed by atoms with van der Waals surface area (Å²) in [6.45, 7) is 6.66. The third kappa shape index (κ3) is 5.56. The van der Waals surface area contributed by atoms with Gasteiger partial charge in [0.25, 0.3) is 0 Å². The van der Waals surface area contributed by atoms with Gasteiger partial charge in [0.2, 0.25) is 0 Å². The molecule has 0 amide bonds. The van der Waals surface area contributed by atoms with Gasteiger partial charge in [-0.1, -0.05) is 13.8 Å². The van der Waals surface area contributed by atoms with Gasteiger partial charge in [-0.3, -0.25) is 0 Å². The lowest BCUT2D eigenvalue weighted by Gasteiger charge is -2.08. The summed E-state index contributed by atoms with van der Waals surface area (Å²) < 4.78 is 5.47. The first-order valence-electron chi connectivity index (χ1n) is 5.71. The minimum atomic E-state index is 0.698. The van der Waals surface area contributed by atoms with Crippen LogP contribution in [0.25, 0.3) is 0 Å². The zero-order chi connectivity index (χ0) is 11.8. The smallest absolute Gasteiger partial charge is 0.128 e. The zero-order valence-electron chi connectivity index (χ0n) is 10.1. The molecule has 0 bridgehead atoms. The van der Waals surface area contributed by atoms with Gasteiger partial charge in [-0.2, -0.15) is 0 Å². The lowest BCUT2D eigenvalue weighted by molar-refractivity contribution is 0.132. The molecule has 0 spiro atoms. The number of ether oxygens (including phenoxy) is 1. The molecule has 0 aliphatic carbocycles. The molecule has 3 N–H and O–H groups in total. The molecule has 0 radical (unpaired) electrons. The van der Waals surface area contributed by atoms with Crippen molar-refractivity contribution in [1.29, 1.82) is 0 Å². The molecule has 90 valence electrons. The molecule has 0 unspecified atom stereocenters. The number of rotatable bonds is 7. The molecule has 0 aromatic carbocycles. The van der Waals surface area contributed by atoms with Gasteiger partial charge < -0.3 is 15.8 Å². The highest BCUT2D eigenvalue weighted by molar-refractivity contribution is 5.48. The van der Waals surface area contributed by atoms with Crippen LogP contribution in [0.15, 0.2) is 18.3 Å². The van der Waals surface area contributed by atoms with Gasteiger partial charge in [0, 0.05) is 31.1 Å². The summed E-state index contributed by atoms with van der Waals surface area (Å²) >= 11 is 0. The molecule has 0 atom stereocenters. The largest absolute Gasteiger partial charge is 0.399 e. The maximum Gasteiger partial charge on any atom is 0.128 e. The van der Waals surface area contributed by atoms with E-state index in [1.54, 1.807) is 12.3 Å². The molecule has 1 heterocycles. The van der Waals surface area contributed by atoms with E-state index in [9.17, 15) is 0 Å². The predicted octanol–water partition coefficient (Wildman–Crippen LogP) is 2.14. The molecule has 4 nitrogen and oxygen atoms in total. The Hall–Kier alpha value is -1.29. The first kappa shape index (κ1) is 12.8. The summed E-state index contributed by atoms with van der Waals surface area (Å²) in [5.41, 5.74) is 6.35. The molecule has 0 aliphatic heterocycles. The third-order valence-corrected chi connectivity index (χ3v) is 2.18. The summed E-state index contributed by atoms with van der Waals surface area (Å²) in [4.78, 5) is 4.14. The van der Waals surface area contributed by atoms with Crippen LogP contribution in [0.1, 0.15) is 20.3 Å². The maximum atomic E-state index is 5.63. The Bertz CT molecular complexity index is 302. The fourth-order valence-electron chi connectivity index (χ4n) is 1.22. The van der Waals surface area contributed by atoms with Crippen molar-refractivity contribution < 1.29 is 4.74 Å². The van der Waals surface area contributed by atoms with Crippen molar-refractivity contribution in [2.45, 2.75) is 20.3 Å². The van der Waals surface area contributed by atoms with Crippen LogP contribution in [0.4, 0.5) is 11.5 Å². The SMILES string of the molecule is CC(C)CCOCCNc1cc(N)ccn1. The molecule has 0 fully saturated rings. The molecule has 0 saturated heterocycles. The lowest BCUT2D eigenvalue weighted by Crippen LogP contribution is -2.11. The molecular formula is C12H21N3O. The van der Waals surface area contributed by atoms with Gasteiger partial charge in [0.1, 0.15) is 5.82 Å². The van der Waals surface area contributed by atoms with E-state index in [4.69, 9.17) is 10.5 Å². The van der Waals surface area contributed by atoms with Crippen molar-refractivity contribution in [3.63, 3.8) is 0 Å². The number of aromatic nitrogens is 1. The molecule has 4 heteroatoms. The Morgan fingerprint density at radius 1 is 1.44 bits per heavy atom. The van der Waals surface area contributed by atoms with Crippen LogP contribution >= 0.6 is 0 Å². The normalized spacial score (nSPS) is 10.7. The fourth-order valence-corrected chi connectivity index (χ4v) is 1.22. The molecular weight excluding hydrogens is 202 g/mol. The van der Waals surface area contributed by atoms with Gasteiger partial charge in [-0.05, 0) is 18.4 Å². The number of anilines is 2. The minimum absolute atomic E-state index is 0.698. The van der Waals surface area contributed by atoms with Crippen LogP contribution in [0.3, 0.4) is 0 Å². The van der Waals surface area contributed by atoms with Gasteiger partial charge >= 0.3 is 0 Å². The van der Waals surface area contributed by atoms with Crippen LogP contribution < -0.4 is 11.1 Å². The topological polar surface area (TPSA) is 60.2 Å². The molecule has 1 rings (SSSR count). The summed E-state index contributed by atoms with van der Waals surface area (Å²) in [5.74, 6) is 1.50.